The Morgan fingerprint density at radius 1 is 1.33 bits per heavy atom. The third kappa shape index (κ3) is 8.24. The van der Waals surface area contributed by atoms with Crippen molar-refractivity contribution < 1.29 is 14.6 Å². The minimum absolute atomic E-state index is 0.0519. The molecule has 0 bridgehead atoms. The Balaban J connectivity index is 3.35. The number of rotatable bonds is 6. The Labute approximate surface area is 91.8 Å². The van der Waals surface area contributed by atoms with Gasteiger partial charge in [-0.1, -0.05) is 27.2 Å². The number of nitrogens with two attached hydrogens (primary N) is 1. The number of primary amides is 1. The van der Waals surface area contributed by atoms with E-state index in [-0.39, 0.29) is 11.5 Å². The molecular formula is C11H23NO3. The van der Waals surface area contributed by atoms with Crippen LogP contribution in [-0.2, 0) is 4.74 Å². The molecule has 0 aromatic heterocycles. The van der Waals surface area contributed by atoms with Gasteiger partial charge in [-0.25, -0.2) is 4.79 Å². The van der Waals surface area contributed by atoms with Crippen LogP contribution >= 0.6 is 0 Å². The fraction of sp³-hybridized carbons (Fsp3) is 0.909. The number of hydrogen-bond acceptors (Lipinski definition) is 3. The van der Waals surface area contributed by atoms with Crippen LogP contribution in [0.15, 0.2) is 0 Å². The zero-order chi connectivity index (χ0) is 11.9. The van der Waals surface area contributed by atoms with Crippen molar-refractivity contribution in [2.45, 2.75) is 52.6 Å². The summed E-state index contributed by atoms with van der Waals surface area (Å²) in [5, 5.41) is 9.73. The van der Waals surface area contributed by atoms with E-state index in [0.717, 1.165) is 25.7 Å². The quantitative estimate of drug-likeness (QED) is 0.669. The van der Waals surface area contributed by atoms with Crippen molar-refractivity contribution in [1.82, 2.24) is 0 Å². The summed E-state index contributed by atoms with van der Waals surface area (Å²) in [5.41, 5.74) is 4.76. The summed E-state index contributed by atoms with van der Waals surface area (Å²) in [5.74, 6) is 0. The summed E-state index contributed by atoms with van der Waals surface area (Å²) in [6.07, 6.45) is 2.50. The number of hydrogen-bond donors (Lipinski definition) is 2. The number of aliphatic hydroxyl groups excluding tert-OH is 1. The van der Waals surface area contributed by atoms with Crippen LogP contribution < -0.4 is 5.73 Å². The molecule has 4 nitrogen and oxygen atoms in total. The maximum atomic E-state index is 10.2. The highest BCUT2D eigenvalue weighted by Gasteiger charge is 2.20. The van der Waals surface area contributed by atoms with E-state index in [9.17, 15) is 9.90 Å². The molecule has 3 N–H and O–H groups in total. The average Bonchev–Trinajstić information content (AvgIpc) is 2.08. The zero-order valence-electron chi connectivity index (χ0n) is 9.95. The van der Waals surface area contributed by atoms with Crippen molar-refractivity contribution in [2.24, 2.45) is 11.1 Å². The molecule has 0 aromatic carbocycles. The summed E-state index contributed by atoms with van der Waals surface area (Å²) in [7, 11) is 0. The van der Waals surface area contributed by atoms with Crippen LogP contribution in [0.5, 0.6) is 0 Å². The summed E-state index contributed by atoms with van der Waals surface area (Å²) >= 11 is 0. The van der Waals surface area contributed by atoms with Crippen molar-refractivity contribution in [1.29, 1.82) is 0 Å². The number of carbonyl (C=O) groups is 1. The van der Waals surface area contributed by atoms with Gasteiger partial charge in [0.05, 0.1) is 12.7 Å². The minimum Gasteiger partial charge on any atom is -0.450 e. The summed E-state index contributed by atoms with van der Waals surface area (Å²) in [6.45, 7) is 6.44. The molecule has 4 heteroatoms. The van der Waals surface area contributed by atoms with Gasteiger partial charge in [0.15, 0.2) is 0 Å². The van der Waals surface area contributed by atoms with Crippen LogP contribution in [0.2, 0.25) is 0 Å². The van der Waals surface area contributed by atoms with Gasteiger partial charge in [-0.05, 0) is 24.7 Å². The van der Waals surface area contributed by atoms with E-state index < -0.39 is 6.09 Å². The van der Waals surface area contributed by atoms with Crippen LogP contribution in [0, 0.1) is 5.41 Å². The Morgan fingerprint density at radius 2 is 1.93 bits per heavy atom. The molecule has 90 valence electrons. The van der Waals surface area contributed by atoms with Crippen molar-refractivity contribution in [3.63, 3.8) is 0 Å². The Bertz CT molecular complexity index is 187. The van der Waals surface area contributed by atoms with Crippen LogP contribution in [0.4, 0.5) is 4.79 Å². The topological polar surface area (TPSA) is 72.6 Å². The molecule has 0 saturated heterocycles. The third-order valence-corrected chi connectivity index (χ3v) is 2.37. The van der Waals surface area contributed by atoms with Gasteiger partial charge in [0, 0.05) is 0 Å². The van der Waals surface area contributed by atoms with Gasteiger partial charge < -0.3 is 15.6 Å². The van der Waals surface area contributed by atoms with Crippen LogP contribution in [0.25, 0.3) is 0 Å². The third-order valence-electron chi connectivity index (χ3n) is 2.37. The lowest BCUT2D eigenvalue weighted by Crippen LogP contribution is -2.25. The van der Waals surface area contributed by atoms with E-state index in [0.29, 0.717) is 6.61 Å². The van der Waals surface area contributed by atoms with Gasteiger partial charge in [0.1, 0.15) is 0 Å². The molecule has 0 spiro atoms. The molecule has 0 fully saturated rings. The fourth-order valence-corrected chi connectivity index (χ4v) is 1.22. The smallest absolute Gasteiger partial charge is 0.404 e. The Morgan fingerprint density at radius 3 is 2.40 bits per heavy atom. The maximum Gasteiger partial charge on any atom is 0.404 e. The lowest BCUT2D eigenvalue weighted by molar-refractivity contribution is 0.0529. The first kappa shape index (κ1) is 14.2. The largest absolute Gasteiger partial charge is 0.450 e. The Hall–Kier alpha value is -0.770. The first-order chi connectivity index (χ1) is 6.84. The molecule has 1 unspecified atom stereocenters. The highest BCUT2D eigenvalue weighted by molar-refractivity contribution is 5.64. The van der Waals surface area contributed by atoms with E-state index in [2.05, 4.69) is 4.74 Å². The fourth-order valence-electron chi connectivity index (χ4n) is 1.22. The number of aliphatic hydroxyl groups is 1. The van der Waals surface area contributed by atoms with E-state index in [4.69, 9.17) is 5.73 Å². The van der Waals surface area contributed by atoms with Gasteiger partial charge in [0.25, 0.3) is 0 Å². The number of carbonyl (C=O) groups excluding carboxylic acids is 1. The predicted molar refractivity (Wildman–Crippen MR) is 59.5 cm³/mol. The molecule has 0 aromatic rings. The van der Waals surface area contributed by atoms with Gasteiger partial charge in [-0.2, -0.15) is 0 Å². The molecule has 15 heavy (non-hydrogen) atoms. The van der Waals surface area contributed by atoms with E-state index in [1.165, 1.54) is 0 Å². The van der Waals surface area contributed by atoms with Crippen molar-refractivity contribution in [3.8, 4) is 0 Å². The van der Waals surface area contributed by atoms with E-state index in [1.807, 2.05) is 20.8 Å². The molecule has 0 saturated carbocycles. The SMILES string of the molecule is CC(C)(C)C(O)CCCCCOC(N)=O. The highest BCUT2D eigenvalue weighted by Crippen LogP contribution is 2.23. The second-order valence-corrected chi connectivity index (χ2v) is 4.90. The monoisotopic (exact) mass is 217 g/mol. The molecule has 0 heterocycles. The molecule has 1 atom stereocenters. The second kappa shape index (κ2) is 6.67. The van der Waals surface area contributed by atoms with Crippen LogP contribution in [0.3, 0.4) is 0 Å². The minimum atomic E-state index is -0.718. The highest BCUT2D eigenvalue weighted by atomic mass is 16.5. The van der Waals surface area contributed by atoms with E-state index >= 15 is 0 Å². The molecule has 0 rings (SSSR count). The van der Waals surface area contributed by atoms with Crippen LogP contribution in [0.1, 0.15) is 46.5 Å². The summed E-state index contributed by atoms with van der Waals surface area (Å²) in [6, 6.07) is 0. The normalized spacial score (nSPS) is 13.6. The van der Waals surface area contributed by atoms with Gasteiger partial charge >= 0.3 is 6.09 Å². The maximum absolute atomic E-state index is 10.2. The Kier molecular flexibility index (Phi) is 6.32. The molecule has 1 amide bonds. The first-order valence-electron chi connectivity index (χ1n) is 5.44. The second-order valence-electron chi connectivity index (χ2n) is 4.90. The summed E-state index contributed by atoms with van der Waals surface area (Å²) < 4.78 is 4.59. The van der Waals surface area contributed by atoms with Gasteiger partial charge in [-0.3, -0.25) is 0 Å². The number of unbranched alkanes of at least 4 members (excludes halogenated alkanes) is 2. The molecular weight excluding hydrogens is 194 g/mol. The lowest BCUT2D eigenvalue weighted by atomic mass is 9.86. The molecule has 0 aliphatic carbocycles. The van der Waals surface area contributed by atoms with Crippen molar-refractivity contribution in [3.05, 3.63) is 0 Å². The van der Waals surface area contributed by atoms with Crippen LogP contribution in [-0.4, -0.2) is 23.9 Å². The average molecular weight is 217 g/mol. The van der Waals surface area contributed by atoms with Gasteiger partial charge in [-0.15, -0.1) is 0 Å². The standard InChI is InChI=1S/C11H23NO3/c1-11(2,3)9(13)7-5-4-6-8-15-10(12)14/h9,13H,4-8H2,1-3H3,(H2,12,14). The zero-order valence-corrected chi connectivity index (χ0v) is 9.95. The lowest BCUT2D eigenvalue weighted by Gasteiger charge is -2.25. The number of ether oxygens (including phenoxy) is 1. The molecule has 0 aliphatic rings. The predicted octanol–water partition coefficient (Wildman–Crippen LogP) is 2.05. The van der Waals surface area contributed by atoms with E-state index in [1.54, 1.807) is 0 Å². The van der Waals surface area contributed by atoms with Crippen molar-refractivity contribution >= 4 is 6.09 Å². The number of amides is 1. The summed E-state index contributed by atoms with van der Waals surface area (Å²) in [4.78, 5) is 10.2. The molecule has 0 aliphatic heterocycles. The first-order valence-corrected chi connectivity index (χ1v) is 5.44. The molecule has 0 radical (unpaired) electrons. The van der Waals surface area contributed by atoms with Gasteiger partial charge in [0.2, 0.25) is 0 Å². The van der Waals surface area contributed by atoms with Crippen molar-refractivity contribution in [2.75, 3.05) is 6.61 Å².